The molecule has 0 aromatic heterocycles. The molecule has 4 aliphatic carbocycles. The fraction of sp³-hybridized carbons (Fsp3) is 0.762. The van der Waals surface area contributed by atoms with Crippen LogP contribution in [0.3, 0.4) is 0 Å². The Bertz CT molecular complexity index is 634. The van der Waals surface area contributed by atoms with E-state index in [-0.39, 0.29) is 11.5 Å². The molecule has 2 fully saturated rings. The Morgan fingerprint density at radius 2 is 1.83 bits per heavy atom. The van der Waals surface area contributed by atoms with E-state index in [2.05, 4.69) is 31.2 Å². The molecule has 0 saturated heterocycles. The summed E-state index contributed by atoms with van der Waals surface area (Å²) in [6.45, 7) is 6.80. The molecule has 24 heavy (non-hydrogen) atoms. The lowest BCUT2D eigenvalue weighted by atomic mass is 9.47. The normalized spacial score (nSPS) is 48.1. The Hall–Kier alpha value is -1.09. The van der Waals surface area contributed by atoms with Gasteiger partial charge in [0.2, 0.25) is 0 Å². The number of aliphatic hydroxyl groups excluding tert-OH is 1. The number of oxime groups is 1. The monoisotopic (exact) mass is 329 g/mol. The highest BCUT2D eigenvalue weighted by Gasteiger charge is 2.56. The number of rotatable bonds is 1. The van der Waals surface area contributed by atoms with Crippen molar-refractivity contribution in [3.05, 3.63) is 23.3 Å². The molecule has 0 amide bonds. The van der Waals surface area contributed by atoms with Crippen molar-refractivity contribution in [3.8, 4) is 0 Å². The van der Waals surface area contributed by atoms with E-state index in [4.69, 9.17) is 0 Å². The maximum atomic E-state index is 10.1. The topological polar surface area (TPSA) is 52.8 Å². The van der Waals surface area contributed by atoms with Crippen molar-refractivity contribution in [1.82, 2.24) is 0 Å². The minimum atomic E-state index is -0.127. The van der Waals surface area contributed by atoms with Gasteiger partial charge in [0.1, 0.15) is 0 Å². The van der Waals surface area contributed by atoms with Crippen molar-refractivity contribution in [3.63, 3.8) is 0 Å². The number of fused-ring (bicyclic) bond motifs is 5. The zero-order valence-corrected chi connectivity index (χ0v) is 15.3. The molecule has 3 heteroatoms. The average molecular weight is 329 g/mol. The molecule has 4 aliphatic rings. The molecule has 6 atom stereocenters. The summed E-state index contributed by atoms with van der Waals surface area (Å²) in [7, 11) is 0. The fourth-order valence-corrected chi connectivity index (χ4v) is 6.82. The van der Waals surface area contributed by atoms with Crippen LogP contribution in [0.4, 0.5) is 0 Å². The standard InChI is InChI=1S/C21H31NO2/c1-13(22-24)17-6-7-18-16-5-4-14-12-15(23)8-10-20(14,2)19(16)9-11-21(17,18)3/h4,6,15-16,18-19,23-24H,5,7-12H2,1-3H3/b22-13-/t15-,16-,18+,19-,20-,21+/m0/s1. The van der Waals surface area contributed by atoms with Crippen LogP contribution in [0.5, 0.6) is 0 Å². The summed E-state index contributed by atoms with van der Waals surface area (Å²) in [5, 5.41) is 22.9. The van der Waals surface area contributed by atoms with Crippen LogP contribution in [-0.4, -0.2) is 22.1 Å². The molecule has 0 radical (unpaired) electrons. The van der Waals surface area contributed by atoms with E-state index < -0.39 is 0 Å². The smallest absolute Gasteiger partial charge is 0.0799 e. The van der Waals surface area contributed by atoms with Crippen LogP contribution >= 0.6 is 0 Å². The zero-order chi connectivity index (χ0) is 17.1. The molecule has 0 bridgehead atoms. The van der Waals surface area contributed by atoms with Crippen LogP contribution < -0.4 is 0 Å². The van der Waals surface area contributed by atoms with E-state index in [0.717, 1.165) is 43.2 Å². The summed E-state index contributed by atoms with van der Waals surface area (Å²) in [5.41, 5.74) is 4.09. The van der Waals surface area contributed by atoms with Crippen LogP contribution in [-0.2, 0) is 0 Å². The van der Waals surface area contributed by atoms with Crippen molar-refractivity contribution >= 4 is 5.71 Å². The average Bonchev–Trinajstić information content (AvgIpc) is 2.92. The van der Waals surface area contributed by atoms with Crippen molar-refractivity contribution < 1.29 is 10.3 Å². The Morgan fingerprint density at radius 1 is 1.08 bits per heavy atom. The van der Waals surface area contributed by atoms with E-state index in [1.165, 1.54) is 30.4 Å². The molecular formula is C21H31NO2. The lowest BCUT2D eigenvalue weighted by Crippen LogP contribution is -2.50. The van der Waals surface area contributed by atoms with Crippen molar-refractivity contribution in [2.45, 2.75) is 71.8 Å². The highest BCUT2D eigenvalue weighted by atomic mass is 16.4. The summed E-state index contributed by atoms with van der Waals surface area (Å²) in [6, 6.07) is 0. The molecule has 4 rings (SSSR count). The fourth-order valence-electron chi connectivity index (χ4n) is 6.82. The number of hydrogen-bond acceptors (Lipinski definition) is 3. The highest BCUT2D eigenvalue weighted by molar-refractivity contribution is 5.99. The van der Waals surface area contributed by atoms with Gasteiger partial charge in [-0.2, -0.15) is 0 Å². The highest BCUT2D eigenvalue weighted by Crippen LogP contribution is 2.65. The van der Waals surface area contributed by atoms with Gasteiger partial charge in [0, 0.05) is 0 Å². The summed E-state index contributed by atoms with van der Waals surface area (Å²) < 4.78 is 0. The van der Waals surface area contributed by atoms with Crippen LogP contribution in [0.1, 0.15) is 65.7 Å². The number of aliphatic hydroxyl groups is 1. The lowest BCUT2D eigenvalue weighted by molar-refractivity contribution is -0.0280. The number of nitrogens with zero attached hydrogens (tertiary/aromatic N) is 1. The molecule has 132 valence electrons. The predicted molar refractivity (Wildman–Crippen MR) is 96.1 cm³/mol. The van der Waals surface area contributed by atoms with Crippen molar-refractivity contribution in [2.24, 2.45) is 33.7 Å². The third kappa shape index (κ3) is 2.09. The van der Waals surface area contributed by atoms with Gasteiger partial charge in [-0.05, 0) is 86.0 Å². The molecule has 0 aromatic carbocycles. The van der Waals surface area contributed by atoms with E-state index in [0.29, 0.717) is 11.3 Å². The number of hydrogen-bond donors (Lipinski definition) is 2. The molecule has 0 unspecified atom stereocenters. The maximum absolute atomic E-state index is 10.1. The Kier molecular flexibility index (Phi) is 3.72. The second-order valence-corrected chi connectivity index (χ2v) is 9.15. The summed E-state index contributed by atoms with van der Waals surface area (Å²) >= 11 is 0. The van der Waals surface area contributed by atoms with Gasteiger partial charge in [-0.15, -0.1) is 0 Å². The first kappa shape index (κ1) is 16.4. The third-order valence-electron chi connectivity index (χ3n) is 8.20. The Balaban J connectivity index is 1.66. The summed E-state index contributed by atoms with van der Waals surface area (Å²) in [4.78, 5) is 0. The second kappa shape index (κ2) is 5.45. The minimum absolute atomic E-state index is 0.127. The van der Waals surface area contributed by atoms with Crippen molar-refractivity contribution in [2.75, 3.05) is 0 Å². The molecular weight excluding hydrogens is 298 g/mol. The molecule has 2 saturated carbocycles. The van der Waals surface area contributed by atoms with Crippen LogP contribution in [0.2, 0.25) is 0 Å². The molecule has 0 aliphatic heterocycles. The first-order chi connectivity index (χ1) is 11.4. The van der Waals surface area contributed by atoms with Crippen LogP contribution in [0, 0.1) is 28.6 Å². The molecule has 2 N–H and O–H groups in total. The maximum Gasteiger partial charge on any atom is 0.0799 e. The second-order valence-electron chi connectivity index (χ2n) is 9.15. The first-order valence-electron chi connectivity index (χ1n) is 9.67. The Labute approximate surface area is 145 Å². The van der Waals surface area contributed by atoms with Gasteiger partial charge in [-0.3, -0.25) is 0 Å². The van der Waals surface area contributed by atoms with Gasteiger partial charge in [0.25, 0.3) is 0 Å². The van der Waals surface area contributed by atoms with Gasteiger partial charge >= 0.3 is 0 Å². The van der Waals surface area contributed by atoms with Gasteiger partial charge in [0.05, 0.1) is 11.8 Å². The Morgan fingerprint density at radius 3 is 2.58 bits per heavy atom. The van der Waals surface area contributed by atoms with E-state index in [1.54, 1.807) is 0 Å². The van der Waals surface area contributed by atoms with Gasteiger partial charge < -0.3 is 10.3 Å². The summed E-state index contributed by atoms with van der Waals surface area (Å²) in [5.74, 6) is 2.15. The largest absolute Gasteiger partial charge is 0.411 e. The van der Waals surface area contributed by atoms with Gasteiger partial charge in [0.15, 0.2) is 0 Å². The van der Waals surface area contributed by atoms with Crippen LogP contribution in [0.15, 0.2) is 28.5 Å². The van der Waals surface area contributed by atoms with Crippen LogP contribution in [0.25, 0.3) is 0 Å². The number of allylic oxidation sites excluding steroid dienone is 3. The lowest BCUT2D eigenvalue weighted by Gasteiger charge is -2.57. The molecule has 3 nitrogen and oxygen atoms in total. The van der Waals surface area contributed by atoms with E-state index in [9.17, 15) is 10.3 Å². The molecule has 0 heterocycles. The van der Waals surface area contributed by atoms with Gasteiger partial charge in [-0.1, -0.05) is 36.7 Å². The third-order valence-corrected chi connectivity index (χ3v) is 8.20. The molecule has 0 spiro atoms. The quantitative estimate of drug-likeness (QED) is 0.317. The minimum Gasteiger partial charge on any atom is -0.411 e. The SMILES string of the molecule is C/C(=N/O)C1=CC[C@@H]2[C@@H]3CC=C4C[C@@H](O)CC[C@]4(C)[C@H]3CC[C@]12C. The summed E-state index contributed by atoms with van der Waals surface area (Å²) in [6.07, 6.45) is 12.4. The van der Waals surface area contributed by atoms with Gasteiger partial charge in [-0.25, -0.2) is 0 Å². The molecule has 0 aromatic rings. The van der Waals surface area contributed by atoms with Crippen molar-refractivity contribution in [1.29, 1.82) is 0 Å². The van der Waals surface area contributed by atoms with E-state index >= 15 is 0 Å². The van der Waals surface area contributed by atoms with E-state index in [1.807, 2.05) is 6.92 Å². The predicted octanol–water partition coefficient (Wildman–Crippen LogP) is 4.70. The first-order valence-corrected chi connectivity index (χ1v) is 9.67. The zero-order valence-electron chi connectivity index (χ0n) is 15.3.